The number of hydrogen-bond donors (Lipinski definition) is 1. The number of carbonyl (C=O) groups is 2. The first kappa shape index (κ1) is 14.6. The Labute approximate surface area is 120 Å². The molecule has 20 heavy (non-hydrogen) atoms. The molecule has 108 valence electrons. The van der Waals surface area contributed by atoms with Crippen molar-refractivity contribution in [2.24, 2.45) is 5.41 Å². The Kier molecular flexibility index (Phi) is 4.12. The summed E-state index contributed by atoms with van der Waals surface area (Å²) >= 11 is 0. The second-order valence-corrected chi connectivity index (χ2v) is 6.25. The van der Waals surface area contributed by atoms with Crippen LogP contribution in [0.5, 0.6) is 0 Å². The fourth-order valence-corrected chi connectivity index (χ4v) is 2.59. The Morgan fingerprint density at radius 3 is 2.40 bits per heavy atom. The number of benzene rings is 1. The molecular formula is C16H22N2O2. The number of amides is 2. The normalized spacial score (nSPS) is 17.6. The standard InChI is InChI=1S/C16H22N2O2/c1-12(19)13-5-7-14(8-6-13)17-15(20)18-10-4-9-16(2,3)11-18/h5-8H,4,9-11H2,1-3H3,(H,17,20). The number of hydrogen-bond acceptors (Lipinski definition) is 2. The number of anilines is 1. The van der Waals surface area contributed by atoms with Crippen molar-refractivity contribution in [3.8, 4) is 0 Å². The lowest BCUT2D eigenvalue weighted by atomic mass is 9.84. The Morgan fingerprint density at radius 2 is 1.85 bits per heavy atom. The van der Waals surface area contributed by atoms with Crippen LogP contribution in [0.1, 0.15) is 44.0 Å². The molecule has 4 nitrogen and oxygen atoms in total. The van der Waals surface area contributed by atoms with Gasteiger partial charge in [-0.25, -0.2) is 4.79 Å². The van der Waals surface area contributed by atoms with E-state index in [9.17, 15) is 9.59 Å². The molecule has 1 heterocycles. The van der Waals surface area contributed by atoms with Gasteiger partial charge >= 0.3 is 6.03 Å². The molecule has 0 aliphatic carbocycles. The third kappa shape index (κ3) is 3.59. The average Bonchev–Trinajstić information content (AvgIpc) is 2.38. The summed E-state index contributed by atoms with van der Waals surface area (Å²) in [6.07, 6.45) is 2.20. The van der Waals surface area contributed by atoms with Gasteiger partial charge in [0.15, 0.2) is 5.78 Å². The largest absolute Gasteiger partial charge is 0.324 e. The van der Waals surface area contributed by atoms with Crippen molar-refractivity contribution in [3.05, 3.63) is 29.8 Å². The molecule has 0 aromatic heterocycles. The zero-order chi connectivity index (χ0) is 14.8. The maximum absolute atomic E-state index is 12.2. The topological polar surface area (TPSA) is 49.4 Å². The third-order valence-electron chi connectivity index (χ3n) is 3.73. The molecule has 0 unspecified atom stereocenters. The lowest BCUT2D eigenvalue weighted by Crippen LogP contribution is -2.45. The lowest BCUT2D eigenvalue weighted by molar-refractivity contribution is 0.101. The van der Waals surface area contributed by atoms with Crippen molar-refractivity contribution >= 4 is 17.5 Å². The highest BCUT2D eigenvalue weighted by Gasteiger charge is 2.29. The number of piperidine rings is 1. The van der Waals surface area contributed by atoms with Crippen LogP contribution in [-0.4, -0.2) is 29.8 Å². The molecule has 2 amide bonds. The van der Waals surface area contributed by atoms with E-state index in [2.05, 4.69) is 19.2 Å². The van der Waals surface area contributed by atoms with E-state index in [1.807, 2.05) is 4.90 Å². The molecule has 1 aromatic rings. The molecule has 1 aromatic carbocycles. The van der Waals surface area contributed by atoms with Crippen molar-refractivity contribution < 1.29 is 9.59 Å². The van der Waals surface area contributed by atoms with E-state index in [1.165, 1.54) is 6.92 Å². The van der Waals surface area contributed by atoms with Gasteiger partial charge < -0.3 is 10.2 Å². The summed E-state index contributed by atoms with van der Waals surface area (Å²) in [7, 11) is 0. The molecule has 0 saturated carbocycles. The maximum atomic E-state index is 12.2. The number of nitrogens with one attached hydrogen (secondary N) is 1. The van der Waals surface area contributed by atoms with Crippen molar-refractivity contribution in [3.63, 3.8) is 0 Å². The van der Waals surface area contributed by atoms with Crippen LogP contribution >= 0.6 is 0 Å². The first-order valence-corrected chi connectivity index (χ1v) is 7.04. The smallest absolute Gasteiger partial charge is 0.321 e. The van der Waals surface area contributed by atoms with Gasteiger partial charge in [-0.2, -0.15) is 0 Å². The molecule has 2 rings (SSSR count). The summed E-state index contributed by atoms with van der Waals surface area (Å²) < 4.78 is 0. The van der Waals surface area contributed by atoms with Crippen LogP contribution in [0.2, 0.25) is 0 Å². The molecule has 1 N–H and O–H groups in total. The summed E-state index contributed by atoms with van der Waals surface area (Å²) in [5.74, 6) is 0.0284. The molecule has 0 atom stereocenters. The summed E-state index contributed by atoms with van der Waals surface area (Å²) in [4.78, 5) is 25.3. The van der Waals surface area contributed by atoms with Crippen molar-refractivity contribution in [1.29, 1.82) is 0 Å². The summed E-state index contributed by atoms with van der Waals surface area (Å²) in [5, 5.41) is 2.89. The van der Waals surface area contributed by atoms with E-state index < -0.39 is 0 Å². The Balaban J connectivity index is 1.99. The Bertz CT molecular complexity index is 506. The van der Waals surface area contributed by atoms with E-state index in [0.717, 1.165) is 31.6 Å². The number of likely N-dealkylation sites (tertiary alicyclic amines) is 1. The zero-order valence-corrected chi connectivity index (χ0v) is 12.4. The highest BCUT2D eigenvalue weighted by atomic mass is 16.2. The van der Waals surface area contributed by atoms with Crippen LogP contribution in [0.3, 0.4) is 0 Å². The molecule has 0 radical (unpaired) electrons. The maximum Gasteiger partial charge on any atom is 0.321 e. The van der Waals surface area contributed by atoms with Crippen LogP contribution in [0.4, 0.5) is 10.5 Å². The monoisotopic (exact) mass is 274 g/mol. The number of urea groups is 1. The number of carbonyl (C=O) groups excluding carboxylic acids is 2. The molecule has 0 bridgehead atoms. The van der Waals surface area contributed by atoms with Crippen molar-refractivity contribution in [2.75, 3.05) is 18.4 Å². The predicted molar refractivity (Wildman–Crippen MR) is 80.1 cm³/mol. The third-order valence-corrected chi connectivity index (χ3v) is 3.73. The van der Waals surface area contributed by atoms with Crippen LogP contribution in [-0.2, 0) is 0 Å². The average molecular weight is 274 g/mol. The van der Waals surface area contributed by atoms with Crippen LogP contribution < -0.4 is 5.32 Å². The van der Waals surface area contributed by atoms with Crippen molar-refractivity contribution in [2.45, 2.75) is 33.6 Å². The van der Waals surface area contributed by atoms with Gasteiger partial charge in [0.2, 0.25) is 0 Å². The Hall–Kier alpha value is -1.84. The second-order valence-electron chi connectivity index (χ2n) is 6.25. The fraction of sp³-hybridized carbons (Fsp3) is 0.500. The number of nitrogens with zero attached hydrogens (tertiary/aromatic N) is 1. The van der Waals surface area contributed by atoms with Gasteiger partial charge in [0.25, 0.3) is 0 Å². The van der Waals surface area contributed by atoms with E-state index in [-0.39, 0.29) is 17.2 Å². The molecule has 1 aliphatic heterocycles. The molecular weight excluding hydrogens is 252 g/mol. The highest BCUT2D eigenvalue weighted by molar-refractivity contribution is 5.95. The fourth-order valence-electron chi connectivity index (χ4n) is 2.59. The summed E-state index contributed by atoms with van der Waals surface area (Å²) in [5.41, 5.74) is 1.57. The van der Waals surface area contributed by atoms with E-state index in [0.29, 0.717) is 5.56 Å². The molecule has 1 saturated heterocycles. The van der Waals surface area contributed by atoms with Crippen LogP contribution in [0.25, 0.3) is 0 Å². The minimum atomic E-state index is -0.0617. The lowest BCUT2D eigenvalue weighted by Gasteiger charge is -2.37. The van der Waals surface area contributed by atoms with Gasteiger partial charge in [-0.1, -0.05) is 13.8 Å². The van der Waals surface area contributed by atoms with Gasteiger partial charge in [0, 0.05) is 24.3 Å². The summed E-state index contributed by atoms with van der Waals surface area (Å²) in [6, 6.07) is 6.94. The van der Waals surface area contributed by atoms with Crippen LogP contribution in [0, 0.1) is 5.41 Å². The Morgan fingerprint density at radius 1 is 1.20 bits per heavy atom. The minimum absolute atomic E-state index is 0.0284. The van der Waals surface area contributed by atoms with E-state index >= 15 is 0 Å². The van der Waals surface area contributed by atoms with Gasteiger partial charge in [-0.3, -0.25) is 4.79 Å². The zero-order valence-electron chi connectivity index (χ0n) is 12.4. The minimum Gasteiger partial charge on any atom is -0.324 e. The molecule has 0 spiro atoms. The number of ketones is 1. The summed E-state index contributed by atoms with van der Waals surface area (Å²) in [6.45, 7) is 7.50. The van der Waals surface area contributed by atoms with Gasteiger partial charge in [-0.05, 0) is 49.4 Å². The van der Waals surface area contributed by atoms with E-state index in [4.69, 9.17) is 0 Å². The quantitative estimate of drug-likeness (QED) is 0.838. The highest BCUT2D eigenvalue weighted by Crippen LogP contribution is 2.28. The first-order chi connectivity index (χ1) is 9.37. The number of Topliss-reactive ketones (excluding diaryl/α,β-unsaturated/α-hetero) is 1. The number of rotatable bonds is 2. The van der Waals surface area contributed by atoms with Crippen LogP contribution in [0.15, 0.2) is 24.3 Å². The first-order valence-electron chi connectivity index (χ1n) is 7.04. The van der Waals surface area contributed by atoms with Crippen molar-refractivity contribution in [1.82, 2.24) is 4.90 Å². The molecule has 1 fully saturated rings. The van der Waals surface area contributed by atoms with Gasteiger partial charge in [0.05, 0.1) is 0 Å². The SMILES string of the molecule is CC(=O)c1ccc(NC(=O)N2CCCC(C)(C)C2)cc1. The van der Waals surface area contributed by atoms with E-state index in [1.54, 1.807) is 24.3 Å². The second kappa shape index (κ2) is 5.65. The van der Waals surface area contributed by atoms with Gasteiger partial charge in [0.1, 0.15) is 0 Å². The predicted octanol–water partition coefficient (Wildman–Crippen LogP) is 3.54. The molecule has 4 heteroatoms. The molecule has 1 aliphatic rings. The van der Waals surface area contributed by atoms with Gasteiger partial charge in [-0.15, -0.1) is 0 Å².